The molecule has 1 amide bonds. The van der Waals surface area contributed by atoms with Crippen LogP contribution in [0.4, 0.5) is 0 Å². The number of benzene rings is 1. The fourth-order valence-corrected chi connectivity index (χ4v) is 3.24. The first kappa shape index (κ1) is 21.9. The summed E-state index contributed by atoms with van der Waals surface area (Å²) in [6.45, 7) is 1.61. The van der Waals surface area contributed by atoms with Crippen molar-refractivity contribution in [2.45, 2.75) is 44.6 Å². The first-order chi connectivity index (χ1) is 13.6. The summed E-state index contributed by atoms with van der Waals surface area (Å²) in [6.07, 6.45) is 7.48. The van der Waals surface area contributed by atoms with Gasteiger partial charge in [-0.15, -0.1) is 0 Å². The highest BCUT2D eigenvalue weighted by Crippen LogP contribution is 2.19. The Morgan fingerprint density at radius 2 is 2.11 bits per heavy atom. The second-order valence-electron chi connectivity index (χ2n) is 6.76. The van der Waals surface area contributed by atoms with E-state index in [0.717, 1.165) is 12.8 Å². The normalized spacial score (nSPS) is 16.5. The van der Waals surface area contributed by atoms with Crippen molar-refractivity contribution in [2.24, 2.45) is 0 Å². The lowest BCUT2D eigenvalue weighted by Crippen LogP contribution is -2.38. The minimum Gasteiger partial charge on any atom is -0.481 e. The topological polar surface area (TPSA) is 78.9 Å². The molecule has 0 unspecified atom stereocenters. The second kappa shape index (κ2) is 12.1. The third-order valence-corrected chi connectivity index (χ3v) is 4.88. The number of thiocarbonyl (C=S) groups is 1. The second-order valence-corrected chi connectivity index (χ2v) is 7.13. The summed E-state index contributed by atoms with van der Waals surface area (Å²) in [4.78, 5) is 24.4. The smallest absolute Gasteiger partial charge is 0.303 e. The molecule has 1 saturated heterocycles. The summed E-state index contributed by atoms with van der Waals surface area (Å²) < 4.78 is 5.65. The van der Waals surface area contributed by atoms with Crippen LogP contribution in [0.5, 0.6) is 0 Å². The summed E-state index contributed by atoms with van der Waals surface area (Å²) in [7, 11) is 0. The summed E-state index contributed by atoms with van der Waals surface area (Å²) in [5.41, 5.74) is 1.24. The number of ether oxygens (including phenoxy) is 1. The molecule has 0 spiro atoms. The molecule has 1 aliphatic rings. The van der Waals surface area contributed by atoms with Crippen LogP contribution in [0.2, 0.25) is 0 Å². The number of amides is 1. The van der Waals surface area contributed by atoms with E-state index in [1.165, 1.54) is 5.56 Å². The van der Waals surface area contributed by atoms with Crippen molar-refractivity contribution in [2.75, 3.05) is 19.7 Å². The van der Waals surface area contributed by atoms with E-state index in [1.54, 1.807) is 4.90 Å². The van der Waals surface area contributed by atoms with Crippen molar-refractivity contribution in [1.82, 2.24) is 10.2 Å². The van der Waals surface area contributed by atoms with Crippen LogP contribution in [0.25, 0.3) is 0 Å². The van der Waals surface area contributed by atoms with Gasteiger partial charge < -0.3 is 20.1 Å². The van der Waals surface area contributed by atoms with Gasteiger partial charge in [-0.25, -0.2) is 0 Å². The molecule has 1 heterocycles. The fourth-order valence-electron chi connectivity index (χ4n) is 3.07. The monoisotopic (exact) mass is 404 g/mol. The molecule has 1 fully saturated rings. The summed E-state index contributed by atoms with van der Waals surface area (Å²) in [5, 5.41) is 12.1. The number of carboxylic acids is 1. The zero-order valence-corrected chi connectivity index (χ0v) is 16.8. The van der Waals surface area contributed by atoms with E-state index in [2.05, 4.69) is 17.4 Å². The van der Waals surface area contributed by atoms with Crippen LogP contribution < -0.4 is 5.32 Å². The number of nitrogens with one attached hydrogen (secondary N) is 1. The van der Waals surface area contributed by atoms with Gasteiger partial charge >= 0.3 is 5.97 Å². The number of hydrogen-bond donors (Lipinski definition) is 2. The van der Waals surface area contributed by atoms with Crippen LogP contribution in [-0.4, -0.2) is 52.8 Å². The molecule has 28 heavy (non-hydrogen) atoms. The number of likely N-dealkylation sites (tertiary alicyclic amines) is 1. The molecule has 0 radical (unpaired) electrons. The Kier molecular flexibility index (Phi) is 9.48. The number of hydrogen-bond acceptors (Lipinski definition) is 4. The van der Waals surface area contributed by atoms with E-state index in [1.807, 2.05) is 30.4 Å². The third kappa shape index (κ3) is 8.08. The molecule has 6 nitrogen and oxygen atoms in total. The van der Waals surface area contributed by atoms with Crippen LogP contribution in [0.3, 0.4) is 0 Å². The molecular weight excluding hydrogens is 376 g/mol. The lowest BCUT2D eigenvalue weighted by molar-refractivity contribution is -0.137. The number of allylic oxidation sites excluding steroid dienone is 1. The van der Waals surface area contributed by atoms with E-state index in [-0.39, 0.29) is 18.4 Å². The van der Waals surface area contributed by atoms with Gasteiger partial charge in [-0.3, -0.25) is 9.59 Å². The molecule has 2 rings (SSSR count). The molecule has 1 aliphatic heterocycles. The van der Waals surface area contributed by atoms with E-state index < -0.39 is 5.97 Å². The van der Waals surface area contributed by atoms with Crippen LogP contribution in [0, 0.1) is 0 Å². The summed E-state index contributed by atoms with van der Waals surface area (Å²) in [6, 6.07) is 10.2. The molecule has 1 atom stereocenters. The van der Waals surface area contributed by atoms with Crippen LogP contribution in [0.1, 0.15) is 37.7 Å². The highest BCUT2D eigenvalue weighted by Gasteiger charge is 2.30. The van der Waals surface area contributed by atoms with E-state index in [0.29, 0.717) is 44.1 Å². The Labute approximate surface area is 171 Å². The van der Waals surface area contributed by atoms with Crippen molar-refractivity contribution in [3.63, 3.8) is 0 Å². The van der Waals surface area contributed by atoms with Gasteiger partial charge in [-0.05, 0) is 43.5 Å². The number of nitrogens with zero attached hydrogens (tertiary/aromatic N) is 1. The van der Waals surface area contributed by atoms with Gasteiger partial charge in [0, 0.05) is 25.9 Å². The number of carbonyl (C=O) groups is 2. The standard InChI is InChI=1S/C21H28N2O4S/c24-19-12-11-18(23(19)15-7-2-1-6-10-20(25)26)16-27-21(28)22-14-13-17-8-4-3-5-9-17/h2-5,7-9,18H,1,6,10-16H2,(H,22,28)(H,25,26)/b7-2+/t18-/m1/s1. The van der Waals surface area contributed by atoms with E-state index in [4.69, 9.17) is 22.1 Å². The molecule has 7 heteroatoms. The number of carbonyl (C=O) groups excluding carboxylic acids is 1. The number of carboxylic acid groups (broad SMARTS) is 1. The van der Waals surface area contributed by atoms with Gasteiger partial charge in [-0.2, -0.15) is 0 Å². The van der Waals surface area contributed by atoms with Gasteiger partial charge in [0.2, 0.25) is 5.91 Å². The molecule has 1 aromatic rings. The van der Waals surface area contributed by atoms with Gasteiger partial charge in [0.25, 0.3) is 5.17 Å². The van der Waals surface area contributed by atoms with Crippen LogP contribution in [-0.2, 0) is 20.7 Å². The minimum absolute atomic E-state index is 0.0186. The van der Waals surface area contributed by atoms with Gasteiger partial charge in [-0.1, -0.05) is 42.5 Å². The zero-order chi connectivity index (χ0) is 20.2. The maximum atomic E-state index is 12.1. The SMILES string of the molecule is O=C(O)CCC/C=C/CN1C(=O)CC[C@@H]1COC(=S)NCCc1ccccc1. The van der Waals surface area contributed by atoms with Crippen molar-refractivity contribution >= 4 is 29.3 Å². The Hall–Kier alpha value is -2.41. The number of unbranched alkanes of at least 4 members (excludes halogenated alkanes) is 1. The third-order valence-electron chi connectivity index (χ3n) is 4.62. The Bertz CT molecular complexity index is 678. The van der Waals surface area contributed by atoms with Gasteiger partial charge in [0.05, 0.1) is 6.04 Å². The average Bonchev–Trinajstić information content (AvgIpc) is 3.03. The highest BCUT2D eigenvalue weighted by atomic mass is 32.1. The van der Waals surface area contributed by atoms with Crippen molar-refractivity contribution < 1.29 is 19.4 Å². The predicted octanol–water partition coefficient (Wildman–Crippen LogP) is 2.92. The maximum Gasteiger partial charge on any atom is 0.303 e. The van der Waals surface area contributed by atoms with Crippen LogP contribution >= 0.6 is 12.2 Å². The largest absolute Gasteiger partial charge is 0.481 e. The summed E-state index contributed by atoms with van der Waals surface area (Å²) in [5.74, 6) is -0.666. The highest BCUT2D eigenvalue weighted by molar-refractivity contribution is 7.80. The Morgan fingerprint density at radius 1 is 1.32 bits per heavy atom. The fraction of sp³-hybridized carbons (Fsp3) is 0.476. The maximum absolute atomic E-state index is 12.1. The molecule has 152 valence electrons. The quantitative estimate of drug-likeness (QED) is 0.335. The minimum atomic E-state index is -0.784. The zero-order valence-electron chi connectivity index (χ0n) is 16.0. The molecule has 0 aliphatic carbocycles. The summed E-state index contributed by atoms with van der Waals surface area (Å²) >= 11 is 5.23. The van der Waals surface area contributed by atoms with Gasteiger partial charge in [0.15, 0.2) is 0 Å². The Morgan fingerprint density at radius 3 is 2.86 bits per heavy atom. The van der Waals surface area contributed by atoms with Crippen molar-refractivity contribution in [3.8, 4) is 0 Å². The van der Waals surface area contributed by atoms with Crippen molar-refractivity contribution in [1.29, 1.82) is 0 Å². The molecule has 0 saturated carbocycles. The van der Waals surface area contributed by atoms with E-state index >= 15 is 0 Å². The lowest BCUT2D eigenvalue weighted by atomic mass is 10.1. The molecule has 2 N–H and O–H groups in total. The van der Waals surface area contributed by atoms with Gasteiger partial charge in [0.1, 0.15) is 6.61 Å². The Balaban J connectivity index is 1.65. The molecular formula is C21H28N2O4S. The van der Waals surface area contributed by atoms with Crippen molar-refractivity contribution in [3.05, 3.63) is 48.0 Å². The molecule has 0 aromatic heterocycles. The first-order valence-electron chi connectivity index (χ1n) is 9.67. The molecule has 0 bridgehead atoms. The van der Waals surface area contributed by atoms with Crippen LogP contribution in [0.15, 0.2) is 42.5 Å². The number of rotatable bonds is 11. The average molecular weight is 405 g/mol. The van der Waals surface area contributed by atoms with E-state index in [9.17, 15) is 9.59 Å². The number of aliphatic carboxylic acids is 1. The lowest BCUT2D eigenvalue weighted by Gasteiger charge is -2.23. The first-order valence-corrected chi connectivity index (χ1v) is 10.1. The molecule has 1 aromatic carbocycles. The predicted molar refractivity (Wildman–Crippen MR) is 112 cm³/mol.